The van der Waals surface area contributed by atoms with E-state index in [1.807, 2.05) is 0 Å². The number of aromatic nitrogens is 1. The lowest BCUT2D eigenvalue weighted by Crippen LogP contribution is -2.35. The van der Waals surface area contributed by atoms with E-state index in [1.54, 1.807) is 25.1 Å². The van der Waals surface area contributed by atoms with E-state index in [-0.39, 0.29) is 23.5 Å². The Morgan fingerprint density at radius 3 is 2.53 bits per heavy atom. The molecule has 4 N–H and O–H groups in total. The summed E-state index contributed by atoms with van der Waals surface area (Å²) in [5.41, 5.74) is 0.766. The summed E-state index contributed by atoms with van der Waals surface area (Å²) in [6.45, 7) is 1.09. The van der Waals surface area contributed by atoms with Crippen molar-refractivity contribution >= 4 is 54.7 Å². The van der Waals surface area contributed by atoms with E-state index in [9.17, 15) is 18.3 Å². The van der Waals surface area contributed by atoms with Crippen LogP contribution in [0.1, 0.15) is 24.8 Å². The average molecular weight is 521 g/mol. The minimum Gasteiger partial charge on any atom is -0.394 e. The summed E-state index contributed by atoms with van der Waals surface area (Å²) in [5, 5.41) is 22.3. The molecule has 0 amide bonds. The Morgan fingerprint density at radius 2 is 1.97 bits per heavy atom. The lowest BCUT2D eigenvalue weighted by molar-refractivity contribution is 0.0858. The largest absolute Gasteiger partial charge is 0.394 e. The molecule has 30 heavy (non-hydrogen) atoms. The molecule has 3 rings (SSSR count). The summed E-state index contributed by atoms with van der Waals surface area (Å²) >= 11 is 9.60. The second-order valence-corrected chi connectivity index (χ2v) is 10.9. The van der Waals surface area contributed by atoms with Crippen LogP contribution in [0.25, 0.3) is 0 Å². The summed E-state index contributed by atoms with van der Waals surface area (Å²) in [6.07, 6.45) is -0.424. The Bertz CT molecular complexity index is 1130. The number of aliphatic hydroxyl groups excluding tert-OH is 2. The van der Waals surface area contributed by atoms with Crippen molar-refractivity contribution in [3.63, 3.8) is 0 Å². The number of rotatable bonds is 8. The molecule has 1 heterocycles. The topological polar surface area (TPSA) is 121 Å². The predicted octanol–water partition coefficient (Wildman–Crippen LogP) is 2.87. The smallest absolute Gasteiger partial charge is 0.254 e. The average Bonchev–Trinajstić information content (AvgIpc) is 3.45. The molecule has 1 atom stereocenters. The molecule has 8 nitrogen and oxygen atoms in total. The summed E-state index contributed by atoms with van der Waals surface area (Å²) in [6, 6.07) is 6.61. The minimum atomic E-state index is -3.90. The molecule has 1 fully saturated rings. The molecule has 1 aromatic heterocycles. The van der Waals surface area contributed by atoms with Gasteiger partial charge in [0.1, 0.15) is 5.82 Å². The number of aliphatic hydroxyl groups is 2. The summed E-state index contributed by atoms with van der Waals surface area (Å²) in [7, 11) is -2.37. The van der Waals surface area contributed by atoms with Crippen molar-refractivity contribution < 1.29 is 18.6 Å². The number of sulfonamides is 1. The molecule has 0 spiro atoms. The highest BCUT2D eigenvalue weighted by Crippen LogP contribution is 2.48. The highest BCUT2D eigenvalue weighted by Gasteiger charge is 2.55. The van der Waals surface area contributed by atoms with Crippen LogP contribution in [-0.2, 0) is 17.1 Å². The van der Waals surface area contributed by atoms with Gasteiger partial charge in [0.15, 0.2) is 0 Å². The summed E-state index contributed by atoms with van der Waals surface area (Å²) in [5.74, 6) is 0.233. The van der Waals surface area contributed by atoms with E-state index in [1.165, 1.54) is 17.7 Å². The van der Waals surface area contributed by atoms with Crippen molar-refractivity contribution in [2.45, 2.75) is 37.0 Å². The Labute approximate surface area is 188 Å². The number of nitrogens with zero attached hydrogens (tertiary/aromatic N) is 1. The zero-order chi connectivity index (χ0) is 22.3. The van der Waals surface area contributed by atoms with Crippen LogP contribution in [0.5, 0.6) is 0 Å². The molecule has 11 heteroatoms. The van der Waals surface area contributed by atoms with E-state index in [0.29, 0.717) is 29.1 Å². The number of pyridine rings is 1. The number of nitrogens with one attached hydrogen (secondary N) is 2. The highest BCUT2D eigenvalue weighted by molar-refractivity contribution is 9.10. The fraction of sp³-hybridized carbons (Fsp3) is 0.421. The van der Waals surface area contributed by atoms with Crippen LogP contribution in [0.15, 0.2) is 33.5 Å². The minimum absolute atomic E-state index is 0.0646. The number of anilines is 3. The Morgan fingerprint density at radius 1 is 1.30 bits per heavy atom. The van der Waals surface area contributed by atoms with Crippen molar-refractivity contribution in [3.8, 4) is 0 Å². The van der Waals surface area contributed by atoms with Gasteiger partial charge in [-0.05, 0) is 50.5 Å². The lowest BCUT2D eigenvalue weighted by atomic mass is 10.2. The van der Waals surface area contributed by atoms with Gasteiger partial charge in [-0.2, -0.15) is 0 Å². The number of hydrogen-bond donors (Lipinski definition) is 4. The van der Waals surface area contributed by atoms with Gasteiger partial charge in [0.25, 0.3) is 5.56 Å². The van der Waals surface area contributed by atoms with Crippen LogP contribution in [-0.4, -0.2) is 40.7 Å². The molecule has 1 aromatic carbocycles. The van der Waals surface area contributed by atoms with Gasteiger partial charge in [0, 0.05) is 17.1 Å². The Kier molecular flexibility index (Phi) is 6.54. The van der Waals surface area contributed by atoms with Gasteiger partial charge in [-0.1, -0.05) is 27.5 Å². The molecule has 1 saturated carbocycles. The van der Waals surface area contributed by atoms with E-state index in [4.69, 9.17) is 16.7 Å². The molecule has 0 radical (unpaired) electrons. The normalized spacial score (nSPS) is 16.2. The van der Waals surface area contributed by atoms with Gasteiger partial charge in [-0.3, -0.25) is 14.1 Å². The molecular formula is C19H23BrClN3O5S. The maximum Gasteiger partial charge on any atom is 0.254 e. The first-order valence-electron chi connectivity index (χ1n) is 9.24. The van der Waals surface area contributed by atoms with Crippen LogP contribution in [0.3, 0.4) is 0 Å². The van der Waals surface area contributed by atoms with E-state index in [2.05, 4.69) is 26.0 Å². The molecule has 164 valence electrons. The first-order chi connectivity index (χ1) is 14.0. The Hall–Kier alpha value is -1.59. The van der Waals surface area contributed by atoms with Gasteiger partial charge in [0.05, 0.1) is 33.9 Å². The zero-order valence-electron chi connectivity index (χ0n) is 16.4. The van der Waals surface area contributed by atoms with E-state index >= 15 is 0 Å². The van der Waals surface area contributed by atoms with E-state index in [0.717, 1.165) is 4.47 Å². The third-order valence-electron chi connectivity index (χ3n) is 5.22. The second-order valence-electron chi connectivity index (χ2n) is 7.53. The van der Waals surface area contributed by atoms with Crippen LogP contribution < -0.4 is 15.6 Å². The number of halogens is 2. The highest BCUT2D eigenvalue weighted by atomic mass is 79.9. The van der Waals surface area contributed by atoms with Crippen molar-refractivity contribution in [2.24, 2.45) is 7.05 Å². The van der Waals surface area contributed by atoms with Gasteiger partial charge < -0.3 is 15.5 Å². The van der Waals surface area contributed by atoms with Crippen LogP contribution in [0, 0.1) is 6.92 Å². The maximum atomic E-state index is 13.1. The van der Waals surface area contributed by atoms with Gasteiger partial charge >= 0.3 is 0 Å². The third kappa shape index (κ3) is 4.52. The predicted molar refractivity (Wildman–Crippen MR) is 121 cm³/mol. The van der Waals surface area contributed by atoms with Crippen LogP contribution >= 0.6 is 27.5 Å². The van der Waals surface area contributed by atoms with Crippen molar-refractivity contribution in [1.29, 1.82) is 0 Å². The van der Waals surface area contributed by atoms with Gasteiger partial charge in [-0.25, -0.2) is 8.42 Å². The maximum absolute atomic E-state index is 13.1. The molecule has 0 aliphatic heterocycles. The molecule has 0 saturated heterocycles. The number of aryl methyl sites for hydroxylation is 1. The zero-order valence-corrected chi connectivity index (χ0v) is 19.6. The molecule has 2 aromatic rings. The SMILES string of the molecule is Cc1cc(NS(=O)(=O)C2(C[C@@H](O)CO)CC2)c(Nc2ccc(Br)cc2Cl)n(C)c1=O. The van der Waals surface area contributed by atoms with Crippen molar-refractivity contribution in [3.05, 3.63) is 49.7 Å². The standard InChI is InChI=1S/C19H23BrClN3O5S/c1-11-7-16(23-30(28,29)19(5-6-19)9-13(26)10-25)17(24(2)18(11)27)22-15-4-3-12(20)8-14(15)21/h3-4,7-8,13,22-23,25-26H,5-6,9-10H2,1-2H3/t13-/m1/s1. The van der Waals surface area contributed by atoms with Crippen molar-refractivity contribution in [1.82, 2.24) is 4.57 Å². The fourth-order valence-electron chi connectivity index (χ4n) is 3.31. The monoisotopic (exact) mass is 519 g/mol. The molecule has 1 aliphatic carbocycles. The quantitative estimate of drug-likeness (QED) is 0.425. The summed E-state index contributed by atoms with van der Waals surface area (Å²) in [4.78, 5) is 12.5. The molecule has 0 bridgehead atoms. The molecule has 1 aliphatic rings. The molecular weight excluding hydrogens is 498 g/mol. The molecule has 0 unspecified atom stereocenters. The van der Waals surface area contributed by atoms with Crippen LogP contribution in [0.2, 0.25) is 5.02 Å². The Balaban J connectivity index is 2.01. The van der Waals surface area contributed by atoms with Crippen LogP contribution in [0.4, 0.5) is 17.2 Å². The second kappa shape index (κ2) is 8.51. The summed E-state index contributed by atoms with van der Waals surface area (Å²) < 4.78 is 29.7. The number of benzene rings is 1. The van der Waals surface area contributed by atoms with Crippen molar-refractivity contribution in [2.75, 3.05) is 16.6 Å². The lowest BCUT2D eigenvalue weighted by Gasteiger charge is -2.23. The number of hydrogen-bond acceptors (Lipinski definition) is 6. The third-order valence-corrected chi connectivity index (χ3v) is 8.23. The van der Waals surface area contributed by atoms with E-state index < -0.39 is 27.5 Å². The first kappa shape index (κ1) is 23.1. The van der Waals surface area contributed by atoms with Gasteiger partial charge in [0.2, 0.25) is 10.0 Å². The first-order valence-corrected chi connectivity index (χ1v) is 11.9. The van der Waals surface area contributed by atoms with Gasteiger partial charge in [-0.15, -0.1) is 0 Å². The fourth-order valence-corrected chi connectivity index (χ4v) is 5.74.